The second-order valence-corrected chi connectivity index (χ2v) is 10.9. The lowest BCUT2D eigenvalue weighted by molar-refractivity contribution is 0.398. The van der Waals surface area contributed by atoms with Crippen molar-refractivity contribution in [2.24, 2.45) is 0 Å². The second kappa shape index (κ2) is 10.8. The predicted molar refractivity (Wildman–Crippen MR) is 148 cm³/mol. The monoisotopic (exact) mass is 546 g/mol. The molecule has 0 saturated carbocycles. The van der Waals surface area contributed by atoms with E-state index < -0.39 is 10.0 Å². The number of ether oxygens (including phenoxy) is 2. The van der Waals surface area contributed by atoms with E-state index in [1.807, 2.05) is 24.3 Å². The SMILES string of the molecule is COc1ccc(CN(Cc2ccc(OC)cc2)S(=O)(=O)c2cc(N)cc3c2cnn3-c2ccc(F)cc2)cc1. The lowest BCUT2D eigenvalue weighted by Gasteiger charge is -2.23. The van der Waals surface area contributed by atoms with Crippen LogP contribution in [0.1, 0.15) is 11.1 Å². The number of hydrogen-bond acceptors (Lipinski definition) is 6. The molecule has 0 unspecified atom stereocenters. The van der Waals surface area contributed by atoms with E-state index in [1.165, 1.54) is 28.7 Å². The standard InChI is InChI=1S/C29H27FN4O4S/c1-37-25-11-3-20(4-12-25)18-33(19-21-5-13-26(38-2)14-6-21)39(35,36)29-16-23(31)15-28-27(29)17-32-34(28)24-9-7-22(30)8-10-24/h3-17H,18-19,31H2,1-2H3. The topological polar surface area (TPSA) is 99.7 Å². The Hall–Kier alpha value is -4.41. The molecule has 0 aliphatic carbocycles. The Morgan fingerprint density at radius 1 is 0.846 bits per heavy atom. The van der Waals surface area contributed by atoms with Gasteiger partial charge in [-0.1, -0.05) is 24.3 Å². The molecule has 39 heavy (non-hydrogen) atoms. The lowest BCUT2D eigenvalue weighted by Crippen LogP contribution is -2.30. The van der Waals surface area contributed by atoms with Crippen molar-refractivity contribution < 1.29 is 22.3 Å². The molecule has 200 valence electrons. The molecular formula is C29H27FN4O4S. The molecule has 1 heterocycles. The summed E-state index contributed by atoms with van der Waals surface area (Å²) in [5.74, 6) is 0.966. The third-order valence-corrected chi connectivity index (χ3v) is 8.23. The summed E-state index contributed by atoms with van der Waals surface area (Å²) in [4.78, 5) is 0.0351. The number of sulfonamides is 1. The van der Waals surface area contributed by atoms with Gasteiger partial charge >= 0.3 is 0 Å². The first-order valence-corrected chi connectivity index (χ1v) is 13.5. The van der Waals surface area contributed by atoms with Crippen LogP contribution in [0, 0.1) is 5.82 Å². The number of hydrogen-bond donors (Lipinski definition) is 1. The number of nitrogens with zero attached hydrogens (tertiary/aromatic N) is 3. The lowest BCUT2D eigenvalue weighted by atomic mass is 10.2. The van der Waals surface area contributed by atoms with Crippen LogP contribution in [0.25, 0.3) is 16.6 Å². The van der Waals surface area contributed by atoms with E-state index in [9.17, 15) is 12.8 Å². The number of aromatic nitrogens is 2. The molecule has 0 aliphatic rings. The number of methoxy groups -OCH3 is 2. The first kappa shape index (κ1) is 26.2. The van der Waals surface area contributed by atoms with Crippen LogP contribution in [0.2, 0.25) is 0 Å². The van der Waals surface area contributed by atoms with E-state index in [4.69, 9.17) is 15.2 Å². The number of nitrogens with two attached hydrogens (primary N) is 1. The minimum atomic E-state index is -4.08. The van der Waals surface area contributed by atoms with Crippen molar-refractivity contribution in [1.29, 1.82) is 0 Å². The van der Waals surface area contributed by atoms with Crippen LogP contribution in [-0.4, -0.2) is 36.7 Å². The maximum atomic E-state index is 14.3. The number of fused-ring (bicyclic) bond motifs is 1. The Kier molecular flexibility index (Phi) is 7.23. The molecule has 0 saturated heterocycles. The normalized spacial score (nSPS) is 11.7. The highest BCUT2D eigenvalue weighted by Gasteiger charge is 2.29. The zero-order valence-corrected chi connectivity index (χ0v) is 22.2. The van der Waals surface area contributed by atoms with Crippen LogP contribution in [0.3, 0.4) is 0 Å². The highest BCUT2D eigenvalue weighted by molar-refractivity contribution is 7.89. The molecule has 8 nitrogen and oxygen atoms in total. The Bertz CT molecular complexity index is 1650. The molecule has 5 rings (SSSR count). The summed E-state index contributed by atoms with van der Waals surface area (Å²) >= 11 is 0. The van der Waals surface area contributed by atoms with Gasteiger partial charge in [-0.05, 0) is 71.8 Å². The quantitative estimate of drug-likeness (QED) is 0.257. The van der Waals surface area contributed by atoms with Crippen LogP contribution in [-0.2, 0) is 23.1 Å². The van der Waals surface area contributed by atoms with Crippen LogP contribution in [0.4, 0.5) is 10.1 Å². The molecule has 0 bridgehead atoms. The maximum Gasteiger partial charge on any atom is 0.244 e. The number of nitrogen functional groups attached to an aromatic ring is 1. The molecule has 1 aromatic heterocycles. The number of rotatable bonds is 9. The van der Waals surface area contributed by atoms with E-state index in [2.05, 4.69) is 5.10 Å². The van der Waals surface area contributed by atoms with Gasteiger partial charge in [0.25, 0.3) is 0 Å². The van der Waals surface area contributed by atoms with E-state index in [1.54, 1.807) is 61.4 Å². The molecule has 4 aromatic carbocycles. The molecule has 5 aromatic rings. The third kappa shape index (κ3) is 5.43. The summed E-state index contributed by atoms with van der Waals surface area (Å²) in [6.45, 7) is 0.224. The fraction of sp³-hybridized carbons (Fsp3) is 0.138. The maximum absolute atomic E-state index is 14.3. The van der Waals surface area contributed by atoms with Gasteiger partial charge in [0.1, 0.15) is 17.3 Å². The zero-order chi connectivity index (χ0) is 27.6. The molecule has 0 aliphatic heterocycles. The van der Waals surface area contributed by atoms with Gasteiger partial charge < -0.3 is 15.2 Å². The van der Waals surface area contributed by atoms with Gasteiger partial charge in [0, 0.05) is 24.2 Å². The van der Waals surface area contributed by atoms with Gasteiger partial charge in [-0.3, -0.25) is 0 Å². The van der Waals surface area contributed by atoms with Crippen LogP contribution in [0.5, 0.6) is 11.5 Å². The minimum absolute atomic E-state index is 0.0351. The fourth-order valence-corrected chi connectivity index (χ4v) is 5.99. The molecular weight excluding hydrogens is 519 g/mol. The average Bonchev–Trinajstić information content (AvgIpc) is 3.37. The van der Waals surface area contributed by atoms with Gasteiger partial charge in [-0.2, -0.15) is 9.40 Å². The van der Waals surface area contributed by atoms with Gasteiger partial charge in [0.05, 0.1) is 36.5 Å². The summed E-state index contributed by atoms with van der Waals surface area (Å²) in [5, 5.41) is 4.81. The predicted octanol–water partition coefficient (Wildman–Crippen LogP) is 5.16. The van der Waals surface area contributed by atoms with Crippen LogP contribution in [0.15, 0.2) is 96.0 Å². The fourth-order valence-electron chi connectivity index (χ4n) is 4.35. The third-order valence-electron chi connectivity index (χ3n) is 6.40. The minimum Gasteiger partial charge on any atom is -0.497 e. The molecule has 10 heteroatoms. The summed E-state index contributed by atoms with van der Waals surface area (Å²) in [7, 11) is -0.924. The number of halogens is 1. The Morgan fingerprint density at radius 3 is 1.90 bits per heavy atom. The van der Waals surface area contributed by atoms with Crippen molar-refractivity contribution in [2.75, 3.05) is 20.0 Å². The molecule has 0 atom stereocenters. The largest absolute Gasteiger partial charge is 0.497 e. The summed E-state index contributed by atoms with van der Waals surface area (Å²) < 4.78 is 55.5. The van der Waals surface area contributed by atoms with E-state index in [0.717, 1.165) is 11.1 Å². The van der Waals surface area contributed by atoms with Crippen molar-refractivity contribution in [1.82, 2.24) is 14.1 Å². The van der Waals surface area contributed by atoms with Crippen LogP contribution < -0.4 is 15.2 Å². The summed E-state index contributed by atoms with van der Waals surface area (Å²) in [6, 6.07) is 23.4. The van der Waals surface area contributed by atoms with Gasteiger partial charge in [0.15, 0.2) is 0 Å². The smallest absolute Gasteiger partial charge is 0.244 e. The number of benzene rings is 4. The van der Waals surface area contributed by atoms with Gasteiger partial charge in [-0.15, -0.1) is 0 Å². The Balaban J connectivity index is 1.59. The van der Waals surface area contributed by atoms with E-state index in [-0.39, 0.29) is 29.5 Å². The van der Waals surface area contributed by atoms with Crippen molar-refractivity contribution in [2.45, 2.75) is 18.0 Å². The zero-order valence-electron chi connectivity index (χ0n) is 21.4. The van der Waals surface area contributed by atoms with Crippen molar-refractivity contribution in [3.63, 3.8) is 0 Å². The molecule has 0 amide bonds. The molecule has 2 N–H and O–H groups in total. The molecule has 0 spiro atoms. The first-order chi connectivity index (χ1) is 18.8. The highest BCUT2D eigenvalue weighted by Crippen LogP contribution is 2.32. The van der Waals surface area contributed by atoms with Crippen LogP contribution >= 0.6 is 0 Å². The Morgan fingerprint density at radius 2 is 1.38 bits per heavy atom. The van der Waals surface area contributed by atoms with Crippen molar-refractivity contribution in [3.8, 4) is 17.2 Å². The van der Waals surface area contributed by atoms with Crippen molar-refractivity contribution in [3.05, 3.63) is 108 Å². The number of anilines is 1. The van der Waals surface area contributed by atoms with Crippen molar-refractivity contribution >= 4 is 26.6 Å². The Labute approximate surface area is 226 Å². The van der Waals surface area contributed by atoms with Gasteiger partial charge in [0.2, 0.25) is 10.0 Å². The summed E-state index contributed by atoms with van der Waals surface area (Å²) in [6.07, 6.45) is 1.49. The second-order valence-electron chi connectivity index (χ2n) is 8.95. The summed E-state index contributed by atoms with van der Waals surface area (Å²) in [5.41, 5.74) is 9.12. The molecule has 0 radical (unpaired) electrons. The highest BCUT2D eigenvalue weighted by atomic mass is 32.2. The van der Waals surface area contributed by atoms with Gasteiger partial charge in [-0.25, -0.2) is 17.5 Å². The average molecular weight is 547 g/mol. The van der Waals surface area contributed by atoms with E-state index in [0.29, 0.717) is 28.1 Å². The molecule has 0 fully saturated rings. The van der Waals surface area contributed by atoms with E-state index >= 15 is 0 Å². The first-order valence-electron chi connectivity index (χ1n) is 12.1.